The van der Waals surface area contributed by atoms with E-state index in [2.05, 4.69) is 36.3 Å². The van der Waals surface area contributed by atoms with Crippen LogP contribution in [0.5, 0.6) is 0 Å². The van der Waals surface area contributed by atoms with Gasteiger partial charge in [0.2, 0.25) is 17.8 Å². The summed E-state index contributed by atoms with van der Waals surface area (Å²) in [7, 11) is 0. The lowest BCUT2D eigenvalue weighted by atomic mass is 10.2. The van der Waals surface area contributed by atoms with Crippen LogP contribution in [0.4, 0.5) is 17.8 Å². The lowest BCUT2D eigenvalue weighted by Crippen LogP contribution is -2.30. The molecule has 160 valence electrons. The quantitative estimate of drug-likeness (QED) is 0.496. The van der Waals surface area contributed by atoms with Gasteiger partial charge in [-0.3, -0.25) is 0 Å². The second kappa shape index (κ2) is 10.7. The fourth-order valence-corrected chi connectivity index (χ4v) is 4.21. The number of halogens is 1. The van der Waals surface area contributed by atoms with Crippen molar-refractivity contribution in [2.45, 2.75) is 51.4 Å². The van der Waals surface area contributed by atoms with Crippen molar-refractivity contribution in [2.75, 3.05) is 41.4 Å². The number of nitrogens with one attached hydrogen (secondary N) is 1. The molecule has 1 aromatic carbocycles. The number of hydrogen-bond donors (Lipinski definition) is 1. The average Bonchev–Trinajstić information content (AvgIpc) is 3.21. The summed E-state index contributed by atoms with van der Waals surface area (Å²) in [5, 5.41) is 4.37. The number of anilines is 3. The highest BCUT2D eigenvalue weighted by Crippen LogP contribution is 2.22. The highest BCUT2D eigenvalue weighted by Gasteiger charge is 2.19. The van der Waals surface area contributed by atoms with Gasteiger partial charge < -0.3 is 9.80 Å². The number of hydrazone groups is 1. The van der Waals surface area contributed by atoms with E-state index < -0.39 is 0 Å². The van der Waals surface area contributed by atoms with Gasteiger partial charge in [0.05, 0.1) is 6.21 Å². The molecule has 0 unspecified atom stereocenters. The zero-order chi connectivity index (χ0) is 20.6. The van der Waals surface area contributed by atoms with E-state index >= 15 is 0 Å². The Labute approximate surface area is 187 Å². The highest BCUT2D eigenvalue weighted by molar-refractivity contribution is 9.10. The van der Waals surface area contributed by atoms with E-state index in [1.807, 2.05) is 24.3 Å². The van der Waals surface area contributed by atoms with Crippen LogP contribution in [0.25, 0.3) is 0 Å². The molecule has 0 aliphatic carbocycles. The van der Waals surface area contributed by atoms with Crippen molar-refractivity contribution in [1.82, 2.24) is 15.0 Å². The SMILES string of the molecule is Brc1ccc(C=NNc2nc(N3CCCCCC3)nc(N3CCCCCC3)n2)cc1. The normalized spacial score (nSPS) is 18.3. The minimum Gasteiger partial charge on any atom is -0.341 e. The largest absolute Gasteiger partial charge is 0.341 e. The van der Waals surface area contributed by atoms with Crippen molar-refractivity contribution in [3.63, 3.8) is 0 Å². The van der Waals surface area contributed by atoms with Gasteiger partial charge in [-0.2, -0.15) is 20.1 Å². The summed E-state index contributed by atoms with van der Waals surface area (Å²) in [6.07, 6.45) is 11.7. The molecule has 0 spiro atoms. The second-order valence-corrected chi connectivity index (χ2v) is 8.90. The predicted octanol–water partition coefficient (Wildman–Crippen LogP) is 4.84. The number of aromatic nitrogens is 3. The minimum atomic E-state index is 0.511. The lowest BCUT2D eigenvalue weighted by Gasteiger charge is -2.24. The summed E-state index contributed by atoms with van der Waals surface area (Å²) < 4.78 is 1.05. The van der Waals surface area contributed by atoms with E-state index in [1.54, 1.807) is 6.21 Å². The third-order valence-corrected chi connectivity index (χ3v) is 6.17. The molecular formula is C22H30BrN7. The average molecular weight is 472 g/mol. The second-order valence-electron chi connectivity index (χ2n) is 7.98. The van der Waals surface area contributed by atoms with Crippen molar-refractivity contribution in [1.29, 1.82) is 0 Å². The van der Waals surface area contributed by atoms with Gasteiger partial charge in [-0.1, -0.05) is 53.7 Å². The first-order valence-corrected chi connectivity index (χ1v) is 11.9. The fourth-order valence-electron chi connectivity index (χ4n) is 3.94. The van der Waals surface area contributed by atoms with Crippen LogP contribution in [0.1, 0.15) is 56.9 Å². The molecule has 0 amide bonds. The molecule has 1 N–H and O–H groups in total. The van der Waals surface area contributed by atoms with Crippen LogP contribution in [-0.2, 0) is 0 Å². The van der Waals surface area contributed by atoms with Crippen LogP contribution in [0.3, 0.4) is 0 Å². The van der Waals surface area contributed by atoms with E-state index in [-0.39, 0.29) is 0 Å². The Morgan fingerprint density at radius 3 is 1.73 bits per heavy atom. The lowest BCUT2D eigenvalue weighted by molar-refractivity contribution is 0.726. The maximum atomic E-state index is 4.87. The Balaban J connectivity index is 1.56. The Bertz CT molecular complexity index is 786. The maximum absolute atomic E-state index is 4.87. The summed E-state index contributed by atoms with van der Waals surface area (Å²) in [5.74, 6) is 2.05. The third kappa shape index (κ3) is 5.90. The molecule has 1 aromatic heterocycles. The van der Waals surface area contributed by atoms with Crippen LogP contribution in [-0.4, -0.2) is 47.3 Å². The van der Waals surface area contributed by atoms with E-state index in [9.17, 15) is 0 Å². The molecule has 2 fully saturated rings. The summed E-state index contributed by atoms with van der Waals surface area (Å²) >= 11 is 3.46. The van der Waals surface area contributed by atoms with Crippen molar-refractivity contribution in [3.05, 3.63) is 34.3 Å². The maximum Gasteiger partial charge on any atom is 0.250 e. The van der Waals surface area contributed by atoms with Gasteiger partial charge >= 0.3 is 0 Å². The molecule has 0 radical (unpaired) electrons. The topological polar surface area (TPSA) is 69.5 Å². The Hall–Kier alpha value is -2.22. The Kier molecular flexibility index (Phi) is 7.50. The van der Waals surface area contributed by atoms with Gasteiger partial charge in [-0.15, -0.1) is 0 Å². The number of hydrogen-bond acceptors (Lipinski definition) is 7. The Morgan fingerprint density at radius 1 is 0.733 bits per heavy atom. The van der Waals surface area contributed by atoms with Gasteiger partial charge in [0.15, 0.2) is 0 Å². The Morgan fingerprint density at radius 2 is 1.23 bits per heavy atom. The summed E-state index contributed by atoms with van der Waals surface area (Å²) in [4.78, 5) is 18.9. The number of nitrogens with zero attached hydrogens (tertiary/aromatic N) is 6. The van der Waals surface area contributed by atoms with E-state index in [1.165, 1.54) is 51.4 Å². The van der Waals surface area contributed by atoms with Crippen molar-refractivity contribution >= 4 is 40.0 Å². The van der Waals surface area contributed by atoms with Gasteiger partial charge in [-0.05, 0) is 43.4 Å². The van der Waals surface area contributed by atoms with E-state index in [0.29, 0.717) is 5.95 Å². The highest BCUT2D eigenvalue weighted by atomic mass is 79.9. The van der Waals surface area contributed by atoms with Gasteiger partial charge in [0.1, 0.15) is 0 Å². The molecule has 2 saturated heterocycles. The van der Waals surface area contributed by atoms with Crippen LogP contribution in [0.2, 0.25) is 0 Å². The van der Waals surface area contributed by atoms with Crippen LogP contribution < -0.4 is 15.2 Å². The smallest absolute Gasteiger partial charge is 0.250 e. The van der Waals surface area contributed by atoms with Crippen LogP contribution in [0.15, 0.2) is 33.8 Å². The first-order chi connectivity index (χ1) is 14.8. The first kappa shape index (κ1) is 21.0. The van der Waals surface area contributed by atoms with Gasteiger partial charge in [0.25, 0.3) is 0 Å². The fraction of sp³-hybridized carbons (Fsp3) is 0.545. The molecule has 2 aliphatic heterocycles. The van der Waals surface area contributed by atoms with Gasteiger partial charge in [-0.25, -0.2) is 5.43 Å². The molecule has 4 rings (SSSR count). The van der Waals surface area contributed by atoms with Crippen molar-refractivity contribution in [3.8, 4) is 0 Å². The first-order valence-electron chi connectivity index (χ1n) is 11.1. The summed E-state index contributed by atoms with van der Waals surface area (Å²) in [5.41, 5.74) is 4.05. The van der Waals surface area contributed by atoms with Crippen molar-refractivity contribution < 1.29 is 0 Å². The monoisotopic (exact) mass is 471 g/mol. The molecule has 2 aliphatic rings. The van der Waals surface area contributed by atoms with Crippen LogP contribution >= 0.6 is 15.9 Å². The van der Waals surface area contributed by atoms with Gasteiger partial charge in [0, 0.05) is 30.7 Å². The number of rotatable bonds is 5. The molecule has 7 nitrogen and oxygen atoms in total. The molecule has 0 atom stereocenters. The molecule has 0 saturated carbocycles. The molecular weight excluding hydrogens is 442 g/mol. The molecule has 3 heterocycles. The molecule has 0 bridgehead atoms. The summed E-state index contributed by atoms with van der Waals surface area (Å²) in [6.45, 7) is 4.02. The molecule has 30 heavy (non-hydrogen) atoms. The summed E-state index contributed by atoms with van der Waals surface area (Å²) in [6, 6.07) is 8.01. The van der Waals surface area contributed by atoms with E-state index in [0.717, 1.165) is 48.1 Å². The molecule has 2 aromatic rings. The standard InChI is InChI=1S/C22H30BrN7/c23-19-11-9-18(10-12-19)17-24-28-20-25-21(29-13-5-1-2-6-14-29)27-22(26-20)30-15-7-3-4-8-16-30/h9-12,17H,1-8,13-16H2,(H,25,26,27,28). The minimum absolute atomic E-state index is 0.511. The zero-order valence-corrected chi connectivity index (χ0v) is 19.0. The number of benzene rings is 1. The van der Waals surface area contributed by atoms with Crippen LogP contribution in [0, 0.1) is 0 Å². The zero-order valence-electron chi connectivity index (χ0n) is 17.4. The molecule has 8 heteroatoms. The predicted molar refractivity (Wildman–Crippen MR) is 127 cm³/mol. The van der Waals surface area contributed by atoms with Crippen molar-refractivity contribution in [2.24, 2.45) is 5.10 Å². The van der Waals surface area contributed by atoms with E-state index in [4.69, 9.17) is 15.0 Å². The third-order valence-electron chi connectivity index (χ3n) is 5.64.